The van der Waals surface area contributed by atoms with Crippen LogP contribution in [0.4, 0.5) is 4.79 Å². The molecule has 21 heavy (non-hydrogen) atoms. The average molecular weight is 291 g/mol. The second-order valence-electron chi connectivity index (χ2n) is 5.61. The molecule has 0 unspecified atom stereocenters. The molecule has 0 saturated carbocycles. The minimum atomic E-state index is 0.0121. The van der Waals surface area contributed by atoms with Crippen LogP contribution in [0.25, 0.3) is 0 Å². The summed E-state index contributed by atoms with van der Waals surface area (Å²) in [5, 5.41) is 7.71. The summed E-state index contributed by atoms with van der Waals surface area (Å²) >= 11 is 0. The predicted octanol–water partition coefficient (Wildman–Crippen LogP) is 0.297. The average Bonchev–Trinajstić information content (AvgIpc) is 2.97. The van der Waals surface area contributed by atoms with E-state index >= 15 is 0 Å². The monoisotopic (exact) mass is 291 g/mol. The molecule has 0 aromatic carbocycles. The Bertz CT molecular complexity index is 476. The molecule has 2 aliphatic heterocycles. The Morgan fingerprint density at radius 2 is 2.05 bits per heavy atom. The first kappa shape index (κ1) is 14.1. The third-order valence-corrected chi connectivity index (χ3v) is 4.02. The summed E-state index contributed by atoms with van der Waals surface area (Å²) in [6.07, 6.45) is 2.47. The van der Waals surface area contributed by atoms with E-state index in [2.05, 4.69) is 22.1 Å². The van der Waals surface area contributed by atoms with E-state index in [0.29, 0.717) is 12.4 Å². The van der Waals surface area contributed by atoms with Gasteiger partial charge in [-0.25, -0.2) is 4.79 Å². The molecule has 0 radical (unpaired) electrons. The molecule has 0 spiro atoms. The standard InChI is InChI=1S/C14H21N5O2/c1-17-7-9-18(10-8-17)14(20)19-6-4-12(11-19)21-13-3-2-5-15-16-13/h2-3,5,12H,4,6-11H2,1H3/t12-/m1/s1. The van der Waals surface area contributed by atoms with Crippen molar-refractivity contribution in [2.24, 2.45) is 0 Å². The third kappa shape index (κ3) is 3.41. The molecule has 1 aromatic heterocycles. The summed E-state index contributed by atoms with van der Waals surface area (Å²) in [5.74, 6) is 0.524. The second-order valence-corrected chi connectivity index (χ2v) is 5.61. The molecule has 1 aromatic rings. The highest BCUT2D eigenvalue weighted by Gasteiger charge is 2.31. The molecule has 114 valence electrons. The van der Waals surface area contributed by atoms with Crippen LogP contribution >= 0.6 is 0 Å². The molecular formula is C14H21N5O2. The quantitative estimate of drug-likeness (QED) is 0.784. The molecule has 1 atom stereocenters. The number of aromatic nitrogens is 2. The van der Waals surface area contributed by atoms with Crippen molar-refractivity contribution in [1.82, 2.24) is 24.9 Å². The van der Waals surface area contributed by atoms with E-state index in [0.717, 1.165) is 39.1 Å². The Kier molecular flexibility index (Phi) is 4.19. The maximum Gasteiger partial charge on any atom is 0.320 e. The Morgan fingerprint density at radius 1 is 1.24 bits per heavy atom. The lowest BCUT2D eigenvalue weighted by Gasteiger charge is -2.34. The maximum atomic E-state index is 12.5. The molecule has 7 heteroatoms. The number of piperazine rings is 1. The number of carbonyl (C=O) groups is 1. The van der Waals surface area contributed by atoms with Crippen molar-refractivity contribution in [2.45, 2.75) is 12.5 Å². The molecule has 2 amide bonds. The lowest BCUT2D eigenvalue weighted by Crippen LogP contribution is -2.51. The summed E-state index contributed by atoms with van der Waals surface area (Å²) in [5.41, 5.74) is 0. The van der Waals surface area contributed by atoms with E-state index in [9.17, 15) is 4.79 Å². The fraction of sp³-hybridized carbons (Fsp3) is 0.643. The fourth-order valence-electron chi connectivity index (χ4n) is 2.72. The van der Waals surface area contributed by atoms with Crippen LogP contribution in [0.3, 0.4) is 0 Å². The largest absolute Gasteiger partial charge is 0.471 e. The van der Waals surface area contributed by atoms with Gasteiger partial charge in [0.1, 0.15) is 6.10 Å². The highest BCUT2D eigenvalue weighted by molar-refractivity contribution is 5.75. The van der Waals surface area contributed by atoms with Crippen LogP contribution in [0.15, 0.2) is 18.3 Å². The molecule has 7 nitrogen and oxygen atoms in total. The third-order valence-electron chi connectivity index (χ3n) is 4.02. The fourth-order valence-corrected chi connectivity index (χ4v) is 2.72. The minimum Gasteiger partial charge on any atom is -0.471 e. The van der Waals surface area contributed by atoms with Crippen LogP contribution in [-0.2, 0) is 0 Å². The number of ether oxygens (including phenoxy) is 1. The number of hydrogen-bond donors (Lipinski definition) is 0. The summed E-state index contributed by atoms with van der Waals surface area (Å²) in [4.78, 5) is 18.5. The van der Waals surface area contributed by atoms with Crippen molar-refractivity contribution in [2.75, 3.05) is 46.3 Å². The van der Waals surface area contributed by atoms with E-state index < -0.39 is 0 Å². The van der Waals surface area contributed by atoms with Crippen molar-refractivity contribution >= 4 is 6.03 Å². The first-order valence-corrected chi connectivity index (χ1v) is 7.39. The maximum absolute atomic E-state index is 12.5. The number of nitrogens with zero attached hydrogens (tertiary/aromatic N) is 5. The van der Waals surface area contributed by atoms with E-state index in [1.165, 1.54) is 0 Å². The number of urea groups is 1. The minimum absolute atomic E-state index is 0.0121. The molecule has 2 saturated heterocycles. The Hall–Kier alpha value is -1.89. The summed E-state index contributed by atoms with van der Waals surface area (Å²) in [7, 11) is 2.09. The molecule has 0 aliphatic carbocycles. The zero-order valence-electron chi connectivity index (χ0n) is 12.3. The van der Waals surface area contributed by atoms with Crippen molar-refractivity contribution in [1.29, 1.82) is 0 Å². The number of carbonyl (C=O) groups excluding carboxylic acids is 1. The van der Waals surface area contributed by atoms with E-state index in [4.69, 9.17) is 4.74 Å². The van der Waals surface area contributed by atoms with Gasteiger partial charge in [0.05, 0.1) is 6.54 Å². The van der Waals surface area contributed by atoms with Gasteiger partial charge in [-0.2, -0.15) is 5.10 Å². The first-order chi connectivity index (χ1) is 10.2. The molecule has 3 rings (SSSR count). The van der Waals surface area contributed by atoms with Crippen LogP contribution in [0.5, 0.6) is 5.88 Å². The van der Waals surface area contributed by atoms with E-state index in [-0.39, 0.29) is 12.1 Å². The molecule has 0 bridgehead atoms. The van der Waals surface area contributed by atoms with Gasteiger partial charge in [0.15, 0.2) is 0 Å². The van der Waals surface area contributed by atoms with Crippen LogP contribution < -0.4 is 4.74 Å². The predicted molar refractivity (Wildman–Crippen MR) is 77.1 cm³/mol. The lowest BCUT2D eigenvalue weighted by molar-refractivity contribution is 0.123. The van der Waals surface area contributed by atoms with Gasteiger partial charge in [-0.05, 0) is 13.1 Å². The van der Waals surface area contributed by atoms with E-state index in [1.807, 2.05) is 9.80 Å². The zero-order chi connectivity index (χ0) is 14.7. The van der Waals surface area contributed by atoms with Gasteiger partial charge in [-0.1, -0.05) is 0 Å². The van der Waals surface area contributed by atoms with Crippen molar-refractivity contribution < 1.29 is 9.53 Å². The van der Waals surface area contributed by atoms with Crippen LogP contribution in [0.2, 0.25) is 0 Å². The SMILES string of the molecule is CN1CCN(C(=O)N2CC[C@@H](Oc3cccnn3)C2)CC1. The highest BCUT2D eigenvalue weighted by atomic mass is 16.5. The molecule has 2 aliphatic rings. The zero-order valence-corrected chi connectivity index (χ0v) is 12.3. The van der Waals surface area contributed by atoms with Gasteiger partial charge in [-0.3, -0.25) is 0 Å². The Labute approximate surface area is 124 Å². The van der Waals surface area contributed by atoms with Gasteiger partial charge in [0.2, 0.25) is 5.88 Å². The van der Waals surface area contributed by atoms with Crippen molar-refractivity contribution in [3.8, 4) is 5.88 Å². The van der Waals surface area contributed by atoms with Crippen LogP contribution in [0.1, 0.15) is 6.42 Å². The molecule has 0 N–H and O–H groups in total. The number of amides is 2. The topological polar surface area (TPSA) is 61.8 Å². The lowest BCUT2D eigenvalue weighted by atomic mass is 10.3. The van der Waals surface area contributed by atoms with Crippen molar-refractivity contribution in [3.05, 3.63) is 18.3 Å². The molecule has 2 fully saturated rings. The highest BCUT2D eigenvalue weighted by Crippen LogP contribution is 2.17. The number of hydrogen-bond acceptors (Lipinski definition) is 5. The summed E-state index contributed by atoms with van der Waals surface area (Å²) in [6.45, 7) is 4.87. The van der Waals surface area contributed by atoms with Gasteiger partial charge in [-0.15, -0.1) is 5.10 Å². The van der Waals surface area contributed by atoms with Gasteiger partial charge in [0, 0.05) is 51.4 Å². The van der Waals surface area contributed by atoms with Crippen LogP contribution in [-0.4, -0.2) is 83.3 Å². The van der Waals surface area contributed by atoms with Crippen LogP contribution in [0, 0.1) is 0 Å². The smallest absolute Gasteiger partial charge is 0.320 e. The number of rotatable bonds is 2. The first-order valence-electron chi connectivity index (χ1n) is 7.39. The number of likely N-dealkylation sites (N-methyl/N-ethyl adjacent to an activating group) is 1. The second kappa shape index (κ2) is 6.26. The van der Waals surface area contributed by atoms with Gasteiger partial charge >= 0.3 is 6.03 Å². The normalized spacial score (nSPS) is 23.4. The van der Waals surface area contributed by atoms with Gasteiger partial charge < -0.3 is 19.4 Å². The van der Waals surface area contributed by atoms with E-state index in [1.54, 1.807) is 18.3 Å². The van der Waals surface area contributed by atoms with Crippen molar-refractivity contribution in [3.63, 3.8) is 0 Å². The summed E-state index contributed by atoms with van der Waals surface area (Å²) < 4.78 is 5.77. The number of likely N-dealkylation sites (tertiary alicyclic amines) is 1. The molecule has 3 heterocycles. The van der Waals surface area contributed by atoms with Gasteiger partial charge in [0.25, 0.3) is 0 Å². The Balaban J connectivity index is 1.51. The Morgan fingerprint density at radius 3 is 2.76 bits per heavy atom. The molecular weight excluding hydrogens is 270 g/mol. The summed E-state index contributed by atoms with van der Waals surface area (Å²) in [6, 6.07) is 3.72.